The number of fused-ring (bicyclic) bond motifs is 2. The summed E-state index contributed by atoms with van der Waals surface area (Å²) in [6.45, 7) is 2.54. The van der Waals surface area contributed by atoms with Gasteiger partial charge in [0.2, 0.25) is 0 Å². The van der Waals surface area contributed by atoms with Gasteiger partial charge >= 0.3 is 0 Å². The minimum absolute atomic E-state index is 0.106. The van der Waals surface area contributed by atoms with E-state index in [9.17, 15) is 0 Å². The number of aliphatic imine (C=N–C) groups is 1. The fraction of sp³-hybridized carbons (Fsp3) is 0.286. The van der Waals surface area contributed by atoms with Crippen molar-refractivity contribution in [3.05, 3.63) is 69.2 Å². The fourth-order valence-corrected chi connectivity index (χ4v) is 4.37. The predicted octanol–water partition coefficient (Wildman–Crippen LogP) is 5.13. The Morgan fingerprint density at radius 2 is 2.23 bits per heavy atom. The minimum Gasteiger partial charge on any atom is -0.497 e. The zero-order valence-corrected chi connectivity index (χ0v) is 15.7. The molecule has 2 heterocycles. The van der Waals surface area contributed by atoms with Crippen molar-refractivity contribution in [2.45, 2.75) is 25.7 Å². The molecule has 0 radical (unpaired) electrons. The van der Waals surface area contributed by atoms with E-state index in [4.69, 9.17) is 14.2 Å². The molecule has 1 aliphatic carbocycles. The summed E-state index contributed by atoms with van der Waals surface area (Å²) >= 11 is 1.75. The van der Waals surface area contributed by atoms with E-state index in [-0.39, 0.29) is 5.92 Å². The number of methoxy groups -OCH3 is 1. The minimum atomic E-state index is 0.106. The molecule has 1 unspecified atom stereocenters. The molecule has 0 fully saturated rings. The lowest BCUT2D eigenvalue weighted by Crippen LogP contribution is -2.17. The van der Waals surface area contributed by atoms with Crippen LogP contribution in [0.5, 0.6) is 5.75 Å². The van der Waals surface area contributed by atoms with Crippen LogP contribution in [0, 0.1) is 0 Å². The standard InChI is InChI=1S/C21H21NO3S/c1-3-24-13-22-18-12-25-21-16(20(18)19-5-4-10-26-19)9-7-14-6-8-15(23-2)11-17(14)21/h4-6,8,10-13,20H,3,7,9H2,1-2H3. The van der Waals surface area contributed by atoms with E-state index in [1.54, 1.807) is 24.7 Å². The van der Waals surface area contributed by atoms with Crippen LogP contribution < -0.4 is 4.74 Å². The van der Waals surface area contributed by atoms with E-state index >= 15 is 0 Å². The van der Waals surface area contributed by atoms with Gasteiger partial charge in [-0.05, 0) is 54.5 Å². The Hall–Kier alpha value is -2.53. The highest BCUT2D eigenvalue weighted by atomic mass is 32.1. The zero-order valence-electron chi connectivity index (χ0n) is 14.9. The molecule has 0 bridgehead atoms. The number of aryl methyl sites for hydroxylation is 1. The molecule has 0 saturated carbocycles. The van der Waals surface area contributed by atoms with Crippen LogP contribution in [0.4, 0.5) is 0 Å². The maximum Gasteiger partial charge on any atom is 0.174 e. The Kier molecular flexibility index (Phi) is 4.80. The lowest BCUT2D eigenvalue weighted by Gasteiger charge is -2.31. The number of hydrogen-bond donors (Lipinski definition) is 0. The molecule has 2 aromatic rings. The van der Waals surface area contributed by atoms with E-state index in [1.807, 2.05) is 13.0 Å². The summed E-state index contributed by atoms with van der Waals surface area (Å²) in [6, 6.07) is 10.5. The molecule has 4 nitrogen and oxygen atoms in total. The second kappa shape index (κ2) is 7.38. The van der Waals surface area contributed by atoms with Crippen molar-refractivity contribution in [3.63, 3.8) is 0 Å². The molecule has 0 amide bonds. The first kappa shape index (κ1) is 16.9. The molecule has 0 saturated heterocycles. The molecular weight excluding hydrogens is 346 g/mol. The third kappa shape index (κ3) is 3.03. The summed E-state index contributed by atoms with van der Waals surface area (Å²) in [6.07, 6.45) is 5.22. The van der Waals surface area contributed by atoms with Gasteiger partial charge in [-0.2, -0.15) is 0 Å². The first-order chi connectivity index (χ1) is 12.8. The summed E-state index contributed by atoms with van der Waals surface area (Å²) in [7, 11) is 1.69. The third-order valence-corrected chi connectivity index (χ3v) is 5.67. The predicted molar refractivity (Wildman–Crippen MR) is 105 cm³/mol. The van der Waals surface area contributed by atoms with E-state index in [2.05, 4.69) is 34.6 Å². The lowest BCUT2D eigenvalue weighted by molar-refractivity contribution is 0.342. The van der Waals surface area contributed by atoms with Crippen LogP contribution in [0.15, 0.2) is 58.2 Å². The molecule has 134 valence electrons. The second-order valence-corrected chi connectivity index (χ2v) is 7.16. The molecule has 5 heteroatoms. The monoisotopic (exact) mass is 367 g/mol. The molecule has 1 atom stereocenters. The molecular formula is C21H21NO3S. The molecule has 1 aromatic carbocycles. The smallest absolute Gasteiger partial charge is 0.174 e. The van der Waals surface area contributed by atoms with Crippen molar-refractivity contribution < 1.29 is 14.2 Å². The summed E-state index contributed by atoms with van der Waals surface area (Å²) in [5, 5.41) is 2.11. The van der Waals surface area contributed by atoms with Crippen molar-refractivity contribution >= 4 is 23.5 Å². The molecule has 1 aliphatic heterocycles. The van der Waals surface area contributed by atoms with Crippen molar-refractivity contribution in [2.75, 3.05) is 13.7 Å². The van der Waals surface area contributed by atoms with Gasteiger partial charge in [-0.25, -0.2) is 4.99 Å². The Labute approximate surface area is 157 Å². The molecule has 0 spiro atoms. The molecule has 2 aliphatic rings. The first-order valence-corrected chi connectivity index (χ1v) is 9.64. The Morgan fingerprint density at radius 3 is 3.00 bits per heavy atom. The Bertz CT molecular complexity index is 881. The molecule has 4 rings (SSSR count). The first-order valence-electron chi connectivity index (χ1n) is 8.76. The topological polar surface area (TPSA) is 40.0 Å². The van der Waals surface area contributed by atoms with Gasteiger partial charge in [0, 0.05) is 10.4 Å². The van der Waals surface area contributed by atoms with E-state index < -0.39 is 0 Å². The van der Waals surface area contributed by atoms with E-state index in [0.29, 0.717) is 6.61 Å². The van der Waals surface area contributed by atoms with Crippen molar-refractivity contribution in [1.29, 1.82) is 0 Å². The summed E-state index contributed by atoms with van der Waals surface area (Å²) in [5.41, 5.74) is 4.57. The van der Waals surface area contributed by atoms with Crippen molar-refractivity contribution in [2.24, 2.45) is 4.99 Å². The number of thiophene rings is 1. The summed E-state index contributed by atoms with van der Waals surface area (Å²) in [5.74, 6) is 1.90. The summed E-state index contributed by atoms with van der Waals surface area (Å²) < 4.78 is 16.8. The lowest BCUT2D eigenvalue weighted by atomic mass is 9.81. The van der Waals surface area contributed by atoms with Gasteiger partial charge in [0.15, 0.2) is 6.40 Å². The number of nitrogens with zero attached hydrogens (tertiary/aromatic N) is 1. The van der Waals surface area contributed by atoms with Crippen LogP contribution >= 0.6 is 11.3 Å². The van der Waals surface area contributed by atoms with Gasteiger partial charge in [0.25, 0.3) is 0 Å². The zero-order chi connectivity index (χ0) is 17.9. The van der Waals surface area contributed by atoms with Gasteiger partial charge in [0.1, 0.15) is 17.8 Å². The quantitative estimate of drug-likeness (QED) is 0.543. The summed E-state index contributed by atoms with van der Waals surface area (Å²) in [4.78, 5) is 5.80. The van der Waals surface area contributed by atoms with Crippen LogP contribution in [-0.2, 0) is 15.9 Å². The van der Waals surface area contributed by atoms with Crippen LogP contribution in [-0.4, -0.2) is 20.1 Å². The number of ether oxygens (including phenoxy) is 3. The fourth-order valence-electron chi connectivity index (χ4n) is 3.50. The maximum atomic E-state index is 6.08. The van der Waals surface area contributed by atoms with Crippen LogP contribution in [0.1, 0.15) is 35.3 Å². The number of allylic oxidation sites excluding steroid dienone is 1. The van der Waals surface area contributed by atoms with Crippen molar-refractivity contribution in [3.8, 4) is 5.75 Å². The van der Waals surface area contributed by atoms with Gasteiger partial charge in [-0.3, -0.25) is 0 Å². The second-order valence-electron chi connectivity index (χ2n) is 6.18. The van der Waals surface area contributed by atoms with Gasteiger partial charge in [-0.1, -0.05) is 12.1 Å². The van der Waals surface area contributed by atoms with Gasteiger partial charge in [0.05, 0.1) is 25.3 Å². The van der Waals surface area contributed by atoms with E-state index in [1.165, 1.54) is 22.4 Å². The van der Waals surface area contributed by atoms with Crippen LogP contribution in [0.3, 0.4) is 0 Å². The van der Waals surface area contributed by atoms with Crippen LogP contribution in [0.2, 0.25) is 0 Å². The number of benzene rings is 1. The van der Waals surface area contributed by atoms with Gasteiger partial charge < -0.3 is 14.2 Å². The normalized spacial score (nSPS) is 18.8. The van der Waals surface area contributed by atoms with E-state index in [0.717, 1.165) is 35.6 Å². The highest BCUT2D eigenvalue weighted by Gasteiger charge is 2.33. The largest absolute Gasteiger partial charge is 0.497 e. The number of rotatable bonds is 5. The average Bonchev–Trinajstić information content (AvgIpc) is 3.21. The van der Waals surface area contributed by atoms with Crippen molar-refractivity contribution in [1.82, 2.24) is 0 Å². The Balaban J connectivity index is 1.78. The maximum absolute atomic E-state index is 6.08. The highest BCUT2D eigenvalue weighted by Crippen LogP contribution is 2.47. The average molecular weight is 367 g/mol. The van der Waals surface area contributed by atoms with Gasteiger partial charge in [-0.15, -0.1) is 11.3 Å². The molecule has 26 heavy (non-hydrogen) atoms. The van der Waals surface area contributed by atoms with Crippen LogP contribution in [0.25, 0.3) is 5.76 Å². The number of hydrogen-bond acceptors (Lipinski definition) is 5. The third-order valence-electron chi connectivity index (χ3n) is 4.73. The SMILES string of the molecule is CCOC=NC1=COC2=C(CCc3ccc(OC)cc32)C1c1cccs1. The highest BCUT2D eigenvalue weighted by molar-refractivity contribution is 7.10. The Morgan fingerprint density at radius 1 is 1.31 bits per heavy atom. The molecule has 1 aromatic heterocycles. The molecule has 0 N–H and O–H groups in total.